The number of hydrogen-bond acceptors (Lipinski definition) is 3. The Morgan fingerprint density at radius 2 is 2.23 bits per heavy atom. The van der Waals surface area contributed by atoms with Crippen molar-refractivity contribution in [3.8, 4) is 0 Å². The highest BCUT2D eigenvalue weighted by Crippen LogP contribution is 2.00. The molecule has 0 aromatic heterocycles. The van der Waals surface area contributed by atoms with Gasteiger partial charge in [0.2, 0.25) is 0 Å². The molecule has 3 heteroatoms. The van der Waals surface area contributed by atoms with Crippen LogP contribution in [0.15, 0.2) is 0 Å². The Morgan fingerprint density at radius 1 is 1.46 bits per heavy atom. The Labute approximate surface area is 82.1 Å². The van der Waals surface area contributed by atoms with E-state index in [9.17, 15) is 0 Å². The number of hydrogen-bond donors (Lipinski definition) is 1. The quantitative estimate of drug-likeness (QED) is 0.679. The molecule has 0 aromatic rings. The molecule has 0 amide bonds. The lowest BCUT2D eigenvalue weighted by molar-refractivity contribution is 0.252. The van der Waals surface area contributed by atoms with Gasteiger partial charge in [-0.3, -0.25) is 0 Å². The van der Waals surface area contributed by atoms with Gasteiger partial charge in [-0.2, -0.15) is 0 Å². The Hall–Kier alpha value is -0.120. The van der Waals surface area contributed by atoms with Crippen LogP contribution in [0.4, 0.5) is 0 Å². The third-order valence-corrected chi connectivity index (χ3v) is 2.60. The van der Waals surface area contributed by atoms with Gasteiger partial charge in [-0.05, 0) is 40.2 Å². The molecule has 1 aliphatic rings. The first-order chi connectivity index (χ1) is 6.22. The standard InChI is InChI=1S/C10H23N3/c1-4-13-7-5-6-11-10(9-13)8-12(2)3/h10-11H,4-9H2,1-3H3. The van der Waals surface area contributed by atoms with Crippen molar-refractivity contribution < 1.29 is 0 Å². The van der Waals surface area contributed by atoms with Gasteiger partial charge in [0.15, 0.2) is 0 Å². The van der Waals surface area contributed by atoms with Crippen molar-refractivity contribution in [1.29, 1.82) is 0 Å². The summed E-state index contributed by atoms with van der Waals surface area (Å²) in [6.07, 6.45) is 1.29. The van der Waals surface area contributed by atoms with Gasteiger partial charge < -0.3 is 15.1 Å². The van der Waals surface area contributed by atoms with Crippen LogP contribution in [0.1, 0.15) is 13.3 Å². The predicted octanol–water partition coefficient (Wildman–Crippen LogP) is 0.232. The predicted molar refractivity (Wildman–Crippen MR) is 57.1 cm³/mol. The molecule has 78 valence electrons. The highest BCUT2D eigenvalue weighted by atomic mass is 15.2. The average molecular weight is 185 g/mol. The van der Waals surface area contributed by atoms with E-state index >= 15 is 0 Å². The summed E-state index contributed by atoms with van der Waals surface area (Å²) in [5.41, 5.74) is 0. The summed E-state index contributed by atoms with van der Waals surface area (Å²) in [6.45, 7) is 8.22. The van der Waals surface area contributed by atoms with Gasteiger partial charge >= 0.3 is 0 Å². The zero-order valence-corrected chi connectivity index (χ0v) is 9.21. The van der Waals surface area contributed by atoms with E-state index in [1.807, 2.05) is 0 Å². The molecule has 1 saturated heterocycles. The maximum absolute atomic E-state index is 3.59. The smallest absolute Gasteiger partial charge is 0.0322 e. The number of nitrogens with zero attached hydrogens (tertiary/aromatic N) is 2. The summed E-state index contributed by atoms with van der Waals surface area (Å²) in [5, 5.41) is 3.59. The first kappa shape index (κ1) is 11.0. The molecule has 1 atom stereocenters. The number of rotatable bonds is 3. The molecular formula is C10H23N3. The van der Waals surface area contributed by atoms with Crippen LogP contribution in [0.25, 0.3) is 0 Å². The second-order valence-electron chi connectivity index (χ2n) is 4.16. The molecule has 1 aliphatic heterocycles. The molecule has 0 saturated carbocycles. The third-order valence-electron chi connectivity index (χ3n) is 2.60. The van der Waals surface area contributed by atoms with Crippen molar-refractivity contribution in [3.05, 3.63) is 0 Å². The molecular weight excluding hydrogens is 162 g/mol. The molecule has 13 heavy (non-hydrogen) atoms. The molecule has 0 spiro atoms. The molecule has 0 radical (unpaired) electrons. The molecule has 0 aliphatic carbocycles. The summed E-state index contributed by atoms with van der Waals surface area (Å²) < 4.78 is 0. The Balaban J connectivity index is 2.35. The van der Waals surface area contributed by atoms with E-state index in [4.69, 9.17) is 0 Å². The minimum Gasteiger partial charge on any atom is -0.311 e. The summed E-state index contributed by atoms with van der Waals surface area (Å²) in [7, 11) is 4.28. The maximum Gasteiger partial charge on any atom is 0.0322 e. The van der Waals surface area contributed by atoms with Crippen LogP contribution in [0.5, 0.6) is 0 Å². The minimum absolute atomic E-state index is 0.650. The number of nitrogens with one attached hydrogen (secondary N) is 1. The van der Waals surface area contributed by atoms with Crippen LogP contribution >= 0.6 is 0 Å². The maximum atomic E-state index is 3.59. The first-order valence-electron chi connectivity index (χ1n) is 5.33. The first-order valence-corrected chi connectivity index (χ1v) is 5.33. The van der Waals surface area contributed by atoms with Gasteiger partial charge in [0, 0.05) is 19.1 Å². The van der Waals surface area contributed by atoms with Crippen LogP contribution in [-0.4, -0.2) is 62.7 Å². The molecule has 0 aromatic carbocycles. The minimum atomic E-state index is 0.650. The Bertz CT molecular complexity index is 136. The van der Waals surface area contributed by atoms with Gasteiger partial charge in [0.1, 0.15) is 0 Å². The Kier molecular flexibility index (Phi) is 4.70. The van der Waals surface area contributed by atoms with Crippen LogP contribution < -0.4 is 5.32 Å². The van der Waals surface area contributed by atoms with Crippen molar-refractivity contribution in [3.63, 3.8) is 0 Å². The highest BCUT2D eigenvalue weighted by molar-refractivity contribution is 4.77. The van der Waals surface area contributed by atoms with Gasteiger partial charge in [0.25, 0.3) is 0 Å². The SMILES string of the molecule is CCN1CCCNC(CN(C)C)C1. The summed E-state index contributed by atoms with van der Waals surface area (Å²) >= 11 is 0. The molecule has 1 N–H and O–H groups in total. The molecule has 3 nitrogen and oxygen atoms in total. The van der Waals surface area contributed by atoms with Gasteiger partial charge in [-0.15, -0.1) is 0 Å². The zero-order chi connectivity index (χ0) is 9.68. The third kappa shape index (κ3) is 4.07. The topological polar surface area (TPSA) is 18.5 Å². The lowest BCUT2D eigenvalue weighted by Gasteiger charge is -2.25. The molecule has 1 heterocycles. The lowest BCUT2D eigenvalue weighted by Crippen LogP contribution is -2.44. The van der Waals surface area contributed by atoms with E-state index in [-0.39, 0.29) is 0 Å². The van der Waals surface area contributed by atoms with Gasteiger partial charge in [-0.1, -0.05) is 6.92 Å². The van der Waals surface area contributed by atoms with Gasteiger partial charge in [0.05, 0.1) is 0 Å². The van der Waals surface area contributed by atoms with Crippen LogP contribution in [-0.2, 0) is 0 Å². The normalized spacial score (nSPS) is 26.3. The molecule has 1 rings (SSSR count). The fourth-order valence-electron chi connectivity index (χ4n) is 1.93. The van der Waals surface area contributed by atoms with E-state index < -0.39 is 0 Å². The van der Waals surface area contributed by atoms with E-state index in [2.05, 4.69) is 36.1 Å². The Morgan fingerprint density at radius 3 is 2.85 bits per heavy atom. The largest absolute Gasteiger partial charge is 0.311 e. The van der Waals surface area contributed by atoms with Crippen LogP contribution in [0.2, 0.25) is 0 Å². The molecule has 1 unspecified atom stereocenters. The zero-order valence-electron chi connectivity index (χ0n) is 9.21. The summed E-state index contributed by atoms with van der Waals surface area (Å²) in [6, 6.07) is 0.650. The van der Waals surface area contributed by atoms with Crippen LogP contribution in [0, 0.1) is 0 Å². The van der Waals surface area contributed by atoms with Gasteiger partial charge in [-0.25, -0.2) is 0 Å². The second-order valence-corrected chi connectivity index (χ2v) is 4.16. The lowest BCUT2D eigenvalue weighted by atomic mass is 10.2. The van der Waals surface area contributed by atoms with E-state index in [1.165, 1.54) is 32.6 Å². The van der Waals surface area contributed by atoms with Crippen molar-refractivity contribution in [2.24, 2.45) is 0 Å². The van der Waals surface area contributed by atoms with Crippen molar-refractivity contribution >= 4 is 0 Å². The monoisotopic (exact) mass is 185 g/mol. The van der Waals surface area contributed by atoms with Crippen molar-refractivity contribution in [2.75, 3.05) is 46.8 Å². The van der Waals surface area contributed by atoms with Crippen molar-refractivity contribution in [1.82, 2.24) is 15.1 Å². The fourth-order valence-corrected chi connectivity index (χ4v) is 1.93. The number of likely N-dealkylation sites (N-methyl/N-ethyl adjacent to an activating group) is 2. The summed E-state index contributed by atoms with van der Waals surface area (Å²) in [4.78, 5) is 4.80. The highest BCUT2D eigenvalue weighted by Gasteiger charge is 2.16. The molecule has 0 bridgehead atoms. The average Bonchev–Trinajstić information content (AvgIpc) is 2.28. The molecule has 1 fully saturated rings. The van der Waals surface area contributed by atoms with Crippen LogP contribution in [0.3, 0.4) is 0 Å². The fraction of sp³-hybridized carbons (Fsp3) is 1.00. The van der Waals surface area contributed by atoms with E-state index in [0.29, 0.717) is 6.04 Å². The second kappa shape index (κ2) is 5.58. The van der Waals surface area contributed by atoms with Crippen molar-refractivity contribution in [2.45, 2.75) is 19.4 Å². The van der Waals surface area contributed by atoms with E-state index in [0.717, 1.165) is 6.54 Å². The van der Waals surface area contributed by atoms with E-state index in [1.54, 1.807) is 0 Å². The summed E-state index contributed by atoms with van der Waals surface area (Å²) in [5.74, 6) is 0.